The van der Waals surface area contributed by atoms with Crippen LogP contribution >= 0.6 is 0 Å². The molecule has 4 nitrogen and oxygen atoms in total. The van der Waals surface area contributed by atoms with Gasteiger partial charge in [-0.05, 0) is 37.0 Å². The molecule has 1 atom stereocenters. The maximum absolute atomic E-state index is 13.7. The molecular formula is C30H36N2O2. The standard InChI is InChI=1S/C30H36N2O2/c1-4-5-18-31-30(34)28(20-25-11-7-6-8-12-25)32(22-26-16-14-23(2)15-17-26)29(33)21-27-13-9-10-24(3)19-27/h6-17,19,28H,4-5,18,20-22H2,1-3H3,(H,31,34)/t28-/m0/s1. The molecule has 0 aliphatic rings. The van der Waals surface area contributed by atoms with E-state index >= 15 is 0 Å². The van der Waals surface area contributed by atoms with Crippen molar-refractivity contribution < 1.29 is 9.59 Å². The highest BCUT2D eigenvalue weighted by Crippen LogP contribution is 2.17. The van der Waals surface area contributed by atoms with E-state index < -0.39 is 6.04 Å². The normalized spacial score (nSPS) is 11.6. The Hall–Kier alpha value is -3.40. The summed E-state index contributed by atoms with van der Waals surface area (Å²) in [6.45, 7) is 7.18. The summed E-state index contributed by atoms with van der Waals surface area (Å²) in [6, 6.07) is 25.5. The second kappa shape index (κ2) is 12.7. The lowest BCUT2D eigenvalue weighted by atomic mass is 10.0. The maximum atomic E-state index is 13.7. The van der Waals surface area contributed by atoms with Crippen LogP contribution in [0, 0.1) is 13.8 Å². The summed E-state index contributed by atoms with van der Waals surface area (Å²) >= 11 is 0. The summed E-state index contributed by atoms with van der Waals surface area (Å²) in [5, 5.41) is 3.07. The monoisotopic (exact) mass is 456 g/mol. The fourth-order valence-corrected chi connectivity index (χ4v) is 4.05. The second-order valence-electron chi connectivity index (χ2n) is 9.02. The first-order chi connectivity index (χ1) is 16.5. The first-order valence-electron chi connectivity index (χ1n) is 12.2. The number of unbranched alkanes of at least 4 members (excludes halogenated alkanes) is 1. The summed E-state index contributed by atoms with van der Waals surface area (Å²) in [6.07, 6.45) is 2.66. The van der Waals surface area contributed by atoms with Gasteiger partial charge < -0.3 is 10.2 Å². The molecule has 0 aliphatic heterocycles. The molecule has 1 N–H and O–H groups in total. The Morgan fingerprint density at radius 3 is 2.21 bits per heavy atom. The van der Waals surface area contributed by atoms with Crippen LogP contribution in [0.5, 0.6) is 0 Å². The van der Waals surface area contributed by atoms with Crippen molar-refractivity contribution in [2.75, 3.05) is 6.54 Å². The van der Waals surface area contributed by atoms with Gasteiger partial charge in [0, 0.05) is 19.5 Å². The summed E-state index contributed by atoms with van der Waals surface area (Å²) in [4.78, 5) is 28.9. The zero-order chi connectivity index (χ0) is 24.3. The van der Waals surface area contributed by atoms with Crippen LogP contribution in [-0.4, -0.2) is 29.3 Å². The predicted molar refractivity (Wildman–Crippen MR) is 138 cm³/mol. The number of nitrogens with one attached hydrogen (secondary N) is 1. The van der Waals surface area contributed by atoms with Crippen LogP contribution in [0.25, 0.3) is 0 Å². The topological polar surface area (TPSA) is 49.4 Å². The molecule has 0 fully saturated rings. The van der Waals surface area contributed by atoms with Crippen LogP contribution < -0.4 is 5.32 Å². The smallest absolute Gasteiger partial charge is 0.243 e. The molecule has 4 heteroatoms. The van der Waals surface area contributed by atoms with Gasteiger partial charge in [0.15, 0.2) is 0 Å². The van der Waals surface area contributed by atoms with Gasteiger partial charge in [-0.15, -0.1) is 0 Å². The molecule has 178 valence electrons. The Morgan fingerprint density at radius 1 is 0.824 bits per heavy atom. The van der Waals surface area contributed by atoms with Gasteiger partial charge in [-0.2, -0.15) is 0 Å². The molecule has 3 aromatic carbocycles. The lowest BCUT2D eigenvalue weighted by molar-refractivity contribution is -0.140. The van der Waals surface area contributed by atoms with Crippen molar-refractivity contribution in [2.45, 2.75) is 59.0 Å². The Morgan fingerprint density at radius 2 is 1.53 bits per heavy atom. The molecule has 0 spiro atoms. The average molecular weight is 457 g/mol. The average Bonchev–Trinajstić information content (AvgIpc) is 2.83. The highest BCUT2D eigenvalue weighted by molar-refractivity contribution is 5.88. The zero-order valence-electron chi connectivity index (χ0n) is 20.6. The number of amides is 2. The van der Waals surface area contributed by atoms with Crippen molar-refractivity contribution >= 4 is 11.8 Å². The van der Waals surface area contributed by atoms with E-state index in [9.17, 15) is 9.59 Å². The van der Waals surface area contributed by atoms with E-state index in [1.807, 2.05) is 92.7 Å². The van der Waals surface area contributed by atoms with Crippen LogP contribution in [0.2, 0.25) is 0 Å². The molecule has 0 saturated heterocycles. The minimum absolute atomic E-state index is 0.0438. The van der Waals surface area contributed by atoms with Gasteiger partial charge in [0.1, 0.15) is 6.04 Å². The van der Waals surface area contributed by atoms with E-state index in [1.165, 1.54) is 5.56 Å². The molecule has 34 heavy (non-hydrogen) atoms. The highest BCUT2D eigenvalue weighted by Gasteiger charge is 2.30. The number of nitrogens with zero attached hydrogens (tertiary/aromatic N) is 1. The van der Waals surface area contributed by atoms with E-state index in [4.69, 9.17) is 0 Å². The van der Waals surface area contributed by atoms with Gasteiger partial charge in [0.05, 0.1) is 6.42 Å². The minimum Gasteiger partial charge on any atom is -0.354 e. The molecule has 0 bridgehead atoms. The number of aryl methyl sites for hydroxylation is 2. The van der Waals surface area contributed by atoms with Gasteiger partial charge in [-0.3, -0.25) is 9.59 Å². The van der Waals surface area contributed by atoms with Crippen molar-refractivity contribution in [2.24, 2.45) is 0 Å². The van der Waals surface area contributed by atoms with Crippen LogP contribution in [0.1, 0.15) is 47.6 Å². The molecule has 0 aromatic heterocycles. The molecule has 3 rings (SSSR count). The number of carbonyl (C=O) groups excluding carboxylic acids is 2. The first kappa shape index (κ1) is 25.2. The van der Waals surface area contributed by atoms with Crippen molar-refractivity contribution in [3.05, 3.63) is 107 Å². The molecule has 3 aromatic rings. The van der Waals surface area contributed by atoms with E-state index in [2.05, 4.69) is 12.2 Å². The van der Waals surface area contributed by atoms with Crippen LogP contribution in [0.3, 0.4) is 0 Å². The fraction of sp³-hybridized carbons (Fsp3) is 0.333. The van der Waals surface area contributed by atoms with Crippen LogP contribution in [0.4, 0.5) is 0 Å². The third-order valence-electron chi connectivity index (χ3n) is 6.01. The fourth-order valence-electron chi connectivity index (χ4n) is 4.05. The lowest BCUT2D eigenvalue weighted by Crippen LogP contribution is -2.51. The second-order valence-corrected chi connectivity index (χ2v) is 9.02. The summed E-state index contributed by atoms with van der Waals surface area (Å²) in [7, 11) is 0. The Labute approximate surface area is 204 Å². The highest BCUT2D eigenvalue weighted by atomic mass is 16.2. The third kappa shape index (κ3) is 7.58. The summed E-state index contributed by atoms with van der Waals surface area (Å²) < 4.78 is 0. The number of carbonyl (C=O) groups is 2. The molecule has 0 saturated carbocycles. The Kier molecular flexibility index (Phi) is 9.45. The number of rotatable bonds is 11. The summed E-state index contributed by atoms with van der Waals surface area (Å²) in [5.74, 6) is -0.139. The number of hydrogen-bond acceptors (Lipinski definition) is 2. The summed E-state index contributed by atoms with van der Waals surface area (Å²) in [5.41, 5.74) is 5.30. The Bertz CT molecular complexity index is 1060. The van der Waals surface area contributed by atoms with Crippen molar-refractivity contribution in [3.63, 3.8) is 0 Å². The molecule has 0 aliphatic carbocycles. The quantitative estimate of drug-likeness (QED) is 0.393. The molecule has 0 radical (unpaired) electrons. The molecule has 0 heterocycles. The lowest BCUT2D eigenvalue weighted by Gasteiger charge is -2.32. The van der Waals surface area contributed by atoms with E-state index in [0.717, 1.165) is 35.1 Å². The Balaban J connectivity index is 1.93. The largest absolute Gasteiger partial charge is 0.354 e. The third-order valence-corrected chi connectivity index (χ3v) is 6.01. The number of hydrogen-bond donors (Lipinski definition) is 1. The minimum atomic E-state index is -0.585. The molecule has 2 amide bonds. The zero-order valence-corrected chi connectivity index (χ0v) is 20.6. The van der Waals surface area contributed by atoms with Gasteiger partial charge in [-0.25, -0.2) is 0 Å². The van der Waals surface area contributed by atoms with Gasteiger partial charge in [0.25, 0.3) is 0 Å². The SMILES string of the molecule is CCCCNC(=O)[C@H](Cc1ccccc1)N(Cc1ccc(C)cc1)C(=O)Cc1cccc(C)c1. The predicted octanol–water partition coefficient (Wildman–Crippen LogP) is 5.40. The van der Waals surface area contributed by atoms with Crippen molar-refractivity contribution in [3.8, 4) is 0 Å². The number of benzene rings is 3. The molecule has 0 unspecified atom stereocenters. The molecular weight excluding hydrogens is 420 g/mol. The van der Waals surface area contributed by atoms with E-state index in [1.54, 1.807) is 4.90 Å². The van der Waals surface area contributed by atoms with Gasteiger partial charge in [-0.1, -0.05) is 103 Å². The van der Waals surface area contributed by atoms with Crippen molar-refractivity contribution in [1.82, 2.24) is 10.2 Å². The van der Waals surface area contributed by atoms with Crippen LogP contribution in [-0.2, 0) is 29.0 Å². The van der Waals surface area contributed by atoms with Gasteiger partial charge >= 0.3 is 0 Å². The maximum Gasteiger partial charge on any atom is 0.243 e. The van der Waals surface area contributed by atoms with E-state index in [0.29, 0.717) is 19.5 Å². The van der Waals surface area contributed by atoms with Gasteiger partial charge in [0.2, 0.25) is 11.8 Å². The van der Waals surface area contributed by atoms with Crippen LogP contribution in [0.15, 0.2) is 78.9 Å². The van der Waals surface area contributed by atoms with E-state index in [-0.39, 0.29) is 18.2 Å². The first-order valence-corrected chi connectivity index (χ1v) is 12.2. The van der Waals surface area contributed by atoms with Crippen molar-refractivity contribution in [1.29, 1.82) is 0 Å².